The van der Waals surface area contributed by atoms with E-state index >= 15 is 0 Å². The Morgan fingerprint density at radius 3 is 3.21 bits per heavy atom. The predicted molar refractivity (Wildman–Crippen MR) is 74.0 cm³/mol. The number of hydrogen-bond donors (Lipinski definition) is 1. The maximum atomic E-state index is 9.07. The molecule has 19 heavy (non-hydrogen) atoms. The van der Waals surface area contributed by atoms with E-state index in [4.69, 9.17) is 10.00 Å². The number of rotatable bonds is 3. The average molecular weight is 260 g/mol. The first-order valence-corrected chi connectivity index (χ1v) is 6.57. The van der Waals surface area contributed by atoms with Crippen molar-refractivity contribution in [3.8, 4) is 6.07 Å². The Kier molecular flexibility index (Phi) is 4.72. The van der Waals surface area contributed by atoms with Gasteiger partial charge in [-0.25, -0.2) is 4.98 Å². The smallest absolute Gasteiger partial charge is 0.144 e. The first kappa shape index (κ1) is 13.8. The Morgan fingerprint density at radius 2 is 2.42 bits per heavy atom. The molecule has 0 bridgehead atoms. The number of nitrogens with one attached hydrogen (secondary N) is 1. The summed E-state index contributed by atoms with van der Waals surface area (Å²) in [5, 5.41) is 12.4. The lowest BCUT2D eigenvalue weighted by Gasteiger charge is -2.19. The maximum Gasteiger partial charge on any atom is 0.144 e. The van der Waals surface area contributed by atoms with Crippen molar-refractivity contribution in [3.05, 3.63) is 23.4 Å². The molecule has 1 fully saturated rings. The lowest BCUT2D eigenvalue weighted by atomic mass is 10.1. The molecule has 1 aromatic heterocycles. The maximum absolute atomic E-state index is 9.07. The van der Waals surface area contributed by atoms with Gasteiger partial charge in [-0.2, -0.15) is 5.26 Å². The zero-order chi connectivity index (χ0) is 13.7. The quantitative estimate of drug-likeness (QED) is 0.886. The molecule has 0 unspecified atom stereocenters. The molecule has 1 N–H and O–H groups in total. The van der Waals surface area contributed by atoms with Gasteiger partial charge in [0.05, 0.1) is 18.8 Å². The van der Waals surface area contributed by atoms with Crippen LogP contribution in [0.3, 0.4) is 0 Å². The van der Waals surface area contributed by atoms with E-state index in [0.717, 1.165) is 38.5 Å². The van der Waals surface area contributed by atoms with E-state index in [1.54, 1.807) is 6.07 Å². The van der Waals surface area contributed by atoms with Crippen LogP contribution in [-0.4, -0.2) is 49.8 Å². The minimum atomic E-state index is 0.418. The fourth-order valence-corrected chi connectivity index (χ4v) is 2.20. The molecule has 1 aliphatic heterocycles. The second kappa shape index (κ2) is 6.50. The second-order valence-electron chi connectivity index (χ2n) is 5.04. The molecule has 0 radical (unpaired) electrons. The number of nitrogens with zero attached hydrogens (tertiary/aromatic N) is 3. The lowest BCUT2D eigenvalue weighted by molar-refractivity contribution is 0.125. The summed E-state index contributed by atoms with van der Waals surface area (Å²) in [4.78, 5) is 6.65. The summed E-state index contributed by atoms with van der Waals surface area (Å²) in [6.07, 6.45) is 0. The molecule has 0 spiro atoms. The molecule has 5 heteroatoms. The number of ether oxygens (including phenoxy) is 1. The van der Waals surface area contributed by atoms with Gasteiger partial charge in [-0.05, 0) is 26.1 Å². The van der Waals surface area contributed by atoms with Gasteiger partial charge in [-0.3, -0.25) is 0 Å². The number of aryl methyl sites for hydroxylation is 1. The molecule has 1 aromatic rings. The summed E-state index contributed by atoms with van der Waals surface area (Å²) < 4.78 is 5.58. The summed E-state index contributed by atoms with van der Waals surface area (Å²) in [7, 11) is 2.10. The topological polar surface area (TPSA) is 61.2 Å². The minimum Gasteiger partial charge on any atom is -0.380 e. The average Bonchev–Trinajstić information content (AvgIpc) is 2.61. The van der Waals surface area contributed by atoms with Gasteiger partial charge >= 0.3 is 0 Å². The van der Waals surface area contributed by atoms with Gasteiger partial charge in [-0.1, -0.05) is 0 Å². The Labute approximate surface area is 114 Å². The molecule has 0 aliphatic carbocycles. The molecule has 2 rings (SSSR count). The van der Waals surface area contributed by atoms with E-state index in [1.807, 2.05) is 13.0 Å². The SMILES string of the molecule is Cc1ccc(C#N)c(NC[C@H]2COCCN(C)C2)n1. The Hall–Kier alpha value is -1.64. The molecule has 102 valence electrons. The van der Waals surface area contributed by atoms with E-state index in [1.165, 1.54) is 0 Å². The number of anilines is 1. The van der Waals surface area contributed by atoms with Crippen LogP contribution in [0.5, 0.6) is 0 Å². The van der Waals surface area contributed by atoms with Crippen molar-refractivity contribution >= 4 is 5.82 Å². The van der Waals surface area contributed by atoms with Crippen LogP contribution in [0, 0.1) is 24.2 Å². The number of pyridine rings is 1. The predicted octanol–water partition coefficient (Wildman–Crippen LogP) is 1.25. The standard InChI is InChI=1S/C14H20N4O/c1-11-3-4-13(7-15)14(17-11)16-8-12-9-18(2)5-6-19-10-12/h3-4,12H,5-6,8-10H2,1-2H3,(H,16,17)/t12-/m1/s1. The molecule has 1 aliphatic rings. The molecular formula is C14H20N4O. The van der Waals surface area contributed by atoms with Crippen molar-refractivity contribution in [2.75, 3.05) is 45.2 Å². The number of nitriles is 1. The van der Waals surface area contributed by atoms with Crippen LogP contribution >= 0.6 is 0 Å². The van der Waals surface area contributed by atoms with E-state index in [9.17, 15) is 0 Å². The van der Waals surface area contributed by atoms with Crippen molar-refractivity contribution in [3.63, 3.8) is 0 Å². The van der Waals surface area contributed by atoms with E-state index < -0.39 is 0 Å². The highest BCUT2D eigenvalue weighted by Gasteiger charge is 2.16. The molecule has 1 saturated heterocycles. The van der Waals surface area contributed by atoms with Crippen LogP contribution in [0.25, 0.3) is 0 Å². The van der Waals surface area contributed by atoms with Gasteiger partial charge in [0, 0.05) is 31.2 Å². The summed E-state index contributed by atoms with van der Waals surface area (Å²) in [6.45, 7) is 6.22. The highest BCUT2D eigenvalue weighted by molar-refractivity contribution is 5.52. The summed E-state index contributed by atoms with van der Waals surface area (Å²) in [6, 6.07) is 5.82. The van der Waals surface area contributed by atoms with Crippen molar-refractivity contribution in [2.24, 2.45) is 5.92 Å². The van der Waals surface area contributed by atoms with Gasteiger partial charge in [0.25, 0.3) is 0 Å². The monoisotopic (exact) mass is 260 g/mol. The van der Waals surface area contributed by atoms with Gasteiger partial charge < -0.3 is 15.0 Å². The second-order valence-corrected chi connectivity index (χ2v) is 5.04. The largest absolute Gasteiger partial charge is 0.380 e. The van der Waals surface area contributed by atoms with Crippen molar-refractivity contribution in [2.45, 2.75) is 6.92 Å². The third-order valence-corrected chi connectivity index (χ3v) is 3.25. The third-order valence-electron chi connectivity index (χ3n) is 3.25. The first-order chi connectivity index (χ1) is 9.19. The van der Waals surface area contributed by atoms with Gasteiger partial charge in [-0.15, -0.1) is 0 Å². The van der Waals surface area contributed by atoms with E-state index in [2.05, 4.69) is 28.3 Å². The molecule has 0 saturated carbocycles. The zero-order valence-electron chi connectivity index (χ0n) is 11.5. The fraction of sp³-hybridized carbons (Fsp3) is 0.571. The highest BCUT2D eigenvalue weighted by Crippen LogP contribution is 2.14. The normalized spacial score (nSPS) is 20.6. The van der Waals surface area contributed by atoms with E-state index in [0.29, 0.717) is 17.3 Å². The molecule has 0 aromatic carbocycles. The Bertz CT molecular complexity index is 469. The van der Waals surface area contributed by atoms with Gasteiger partial charge in [0.15, 0.2) is 0 Å². The van der Waals surface area contributed by atoms with Crippen LogP contribution in [-0.2, 0) is 4.74 Å². The summed E-state index contributed by atoms with van der Waals surface area (Å²) in [5.74, 6) is 1.09. The van der Waals surface area contributed by atoms with Crippen LogP contribution in [0.15, 0.2) is 12.1 Å². The first-order valence-electron chi connectivity index (χ1n) is 6.57. The van der Waals surface area contributed by atoms with E-state index in [-0.39, 0.29) is 0 Å². The zero-order valence-corrected chi connectivity index (χ0v) is 11.5. The number of likely N-dealkylation sites (N-methyl/N-ethyl adjacent to an activating group) is 1. The minimum absolute atomic E-state index is 0.418. The fourth-order valence-electron chi connectivity index (χ4n) is 2.20. The molecule has 1 atom stereocenters. The third kappa shape index (κ3) is 3.91. The molecule has 5 nitrogen and oxygen atoms in total. The number of hydrogen-bond acceptors (Lipinski definition) is 5. The molecule has 0 amide bonds. The summed E-state index contributed by atoms with van der Waals surface area (Å²) in [5.41, 5.74) is 1.50. The van der Waals surface area contributed by atoms with Crippen molar-refractivity contribution in [1.82, 2.24) is 9.88 Å². The number of aromatic nitrogens is 1. The van der Waals surface area contributed by atoms with Gasteiger partial charge in [0.1, 0.15) is 11.9 Å². The van der Waals surface area contributed by atoms with Crippen molar-refractivity contribution < 1.29 is 4.74 Å². The van der Waals surface area contributed by atoms with Crippen LogP contribution in [0.1, 0.15) is 11.3 Å². The highest BCUT2D eigenvalue weighted by atomic mass is 16.5. The summed E-state index contributed by atoms with van der Waals surface area (Å²) >= 11 is 0. The van der Waals surface area contributed by atoms with Crippen molar-refractivity contribution in [1.29, 1.82) is 5.26 Å². The van der Waals surface area contributed by atoms with Crippen LogP contribution in [0.4, 0.5) is 5.82 Å². The van der Waals surface area contributed by atoms with Crippen LogP contribution in [0.2, 0.25) is 0 Å². The Morgan fingerprint density at radius 1 is 1.58 bits per heavy atom. The van der Waals surface area contributed by atoms with Crippen LogP contribution < -0.4 is 5.32 Å². The molecule has 2 heterocycles. The Balaban J connectivity index is 1.98. The lowest BCUT2D eigenvalue weighted by Crippen LogP contribution is -2.30. The molecular weight excluding hydrogens is 240 g/mol. The van der Waals surface area contributed by atoms with Gasteiger partial charge in [0.2, 0.25) is 0 Å².